The van der Waals surface area contributed by atoms with Crippen molar-refractivity contribution in [1.82, 2.24) is 9.78 Å². The lowest BCUT2D eigenvalue weighted by molar-refractivity contribution is 0.405. The Bertz CT molecular complexity index is 960. The highest BCUT2D eigenvalue weighted by atomic mass is 32.1. The number of nitrogens with zero attached hydrogens (tertiary/aromatic N) is 2. The van der Waals surface area contributed by atoms with Crippen molar-refractivity contribution >= 4 is 18.7 Å². The van der Waals surface area contributed by atoms with Gasteiger partial charge in [-0.25, -0.2) is 9.07 Å². The number of hydrogen-bond donors (Lipinski definition) is 1. The predicted molar refractivity (Wildman–Crippen MR) is 111 cm³/mol. The zero-order valence-corrected chi connectivity index (χ0v) is 16.3. The van der Waals surface area contributed by atoms with Crippen LogP contribution in [-0.4, -0.2) is 9.78 Å². The fraction of sp³-hybridized carbons (Fsp3) is 0.261. The fourth-order valence-corrected chi connectivity index (χ4v) is 4.24. The molecule has 3 aromatic rings. The lowest BCUT2D eigenvalue weighted by atomic mass is 9.75. The molecule has 2 nitrogen and oxygen atoms in total. The van der Waals surface area contributed by atoms with Crippen LogP contribution in [0.1, 0.15) is 37.4 Å². The summed E-state index contributed by atoms with van der Waals surface area (Å²) in [6, 6.07) is 16.3. The number of hydrogen-bond acceptors (Lipinski definition) is 2. The van der Waals surface area contributed by atoms with E-state index in [4.69, 9.17) is 0 Å². The van der Waals surface area contributed by atoms with Gasteiger partial charge in [-0.3, -0.25) is 0 Å². The molecule has 1 saturated carbocycles. The summed E-state index contributed by atoms with van der Waals surface area (Å²) >= 11 is 4.08. The van der Waals surface area contributed by atoms with E-state index in [9.17, 15) is 4.39 Å². The molecule has 0 unspecified atom stereocenters. The summed E-state index contributed by atoms with van der Waals surface area (Å²) in [4.78, 5) is 1.02. The highest BCUT2D eigenvalue weighted by Gasteiger charge is 2.37. The van der Waals surface area contributed by atoms with E-state index in [1.54, 1.807) is 17.7 Å². The van der Waals surface area contributed by atoms with Gasteiger partial charge < -0.3 is 0 Å². The van der Waals surface area contributed by atoms with Crippen LogP contribution >= 0.6 is 12.6 Å². The quantitative estimate of drug-likeness (QED) is 0.505. The van der Waals surface area contributed by atoms with Crippen molar-refractivity contribution in [2.45, 2.75) is 37.5 Å². The highest BCUT2D eigenvalue weighted by Crippen LogP contribution is 2.49. The zero-order valence-electron chi connectivity index (χ0n) is 15.4. The molecule has 1 aromatic heterocycles. The number of benzene rings is 2. The van der Waals surface area contributed by atoms with E-state index in [0.717, 1.165) is 17.0 Å². The third-order valence-electron chi connectivity index (χ3n) is 5.56. The summed E-state index contributed by atoms with van der Waals surface area (Å²) in [5.74, 6) is -0.212. The van der Waals surface area contributed by atoms with Crippen LogP contribution in [0.25, 0.3) is 11.8 Å². The Morgan fingerprint density at radius 1 is 1.07 bits per heavy atom. The molecular weight excluding hydrogens is 355 g/mol. The van der Waals surface area contributed by atoms with Crippen LogP contribution in [0.2, 0.25) is 0 Å². The zero-order chi connectivity index (χ0) is 18.9. The van der Waals surface area contributed by atoms with Crippen molar-refractivity contribution in [2.24, 2.45) is 5.41 Å². The Morgan fingerprint density at radius 2 is 1.81 bits per heavy atom. The molecule has 0 spiro atoms. The second-order valence-corrected chi connectivity index (χ2v) is 8.06. The van der Waals surface area contributed by atoms with Gasteiger partial charge >= 0.3 is 0 Å². The summed E-state index contributed by atoms with van der Waals surface area (Å²) in [5.41, 5.74) is 5.29. The van der Waals surface area contributed by atoms with Gasteiger partial charge in [0.15, 0.2) is 0 Å². The van der Waals surface area contributed by atoms with Gasteiger partial charge in [0, 0.05) is 4.90 Å². The number of fused-ring (bicyclic) bond motifs is 2. The van der Waals surface area contributed by atoms with Crippen LogP contribution in [-0.2, 0) is 6.42 Å². The van der Waals surface area contributed by atoms with Crippen molar-refractivity contribution in [1.29, 1.82) is 0 Å². The van der Waals surface area contributed by atoms with Gasteiger partial charge in [0.05, 0.1) is 17.6 Å². The third-order valence-corrected chi connectivity index (χ3v) is 5.85. The van der Waals surface area contributed by atoms with Gasteiger partial charge in [-0.2, -0.15) is 5.10 Å². The first-order valence-electron chi connectivity index (χ1n) is 9.33. The Morgan fingerprint density at radius 3 is 2.48 bits per heavy atom. The summed E-state index contributed by atoms with van der Waals surface area (Å²) in [7, 11) is 0. The molecule has 138 valence electrons. The van der Waals surface area contributed by atoms with Crippen LogP contribution < -0.4 is 0 Å². The first kappa shape index (κ1) is 18.1. The molecule has 0 saturated heterocycles. The predicted octanol–water partition coefficient (Wildman–Crippen LogP) is 6.12. The van der Waals surface area contributed by atoms with E-state index in [0.29, 0.717) is 5.41 Å². The highest BCUT2D eigenvalue weighted by molar-refractivity contribution is 7.80. The van der Waals surface area contributed by atoms with Crippen LogP contribution in [0, 0.1) is 11.2 Å². The number of allylic oxidation sites excluding steroid dienone is 1. The molecule has 0 bridgehead atoms. The molecule has 2 aliphatic rings. The number of halogens is 1. The minimum absolute atomic E-state index is 0.212. The monoisotopic (exact) mass is 378 g/mol. The molecule has 0 amide bonds. The third kappa shape index (κ3) is 3.72. The second kappa shape index (κ2) is 7.35. The lowest BCUT2D eigenvalue weighted by Crippen LogP contribution is -2.21. The van der Waals surface area contributed by atoms with Gasteiger partial charge in [-0.15, -0.1) is 12.6 Å². The van der Waals surface area contributed by atoms with E-state index >= 15 is 0 Å². The summed E-state index contributed by atoms with van der Waals surface area (Å²) in [5, 5.41) is 4.51. The van der Waals surface area contributed by atoms with Crippen LogP contribution in [0.3, 0.4) is 0 Å². The average Bonchev–Trinajstić information content (AvgIpc) is 3.23. The molecule has 27 heavy (non-hydrogen) atoms. The normalized spacial score (nSPS) is 20.2. The maximum absolute atomic E-state index is 13.1. The molecule has 2 aliphatic carbocycles. The van der Waals surface area contributed by atoms with Crippen LogP contribution in [0.5, 0.6) is 0 Å². The van der Waals surface area contributed by atoms with Crippen LogP contribution in [0.4, 0.5) is 4.39 Å². The van der Waals surface area contributed by atoms with E-state index in [-0.39, 0.29) is 5.82 Å². The van der Waals surface area contributed by atoms with E-state index in [1.807, 2.05) is 41.2 Å². The maximum atomic E-state index is 13.1. The lowest BCUT2D eigenvalue weighted by Gasteiger charge is -2.29. The Hall–Kier alpha value is -2.33. The van der Waals surface area contributed by atoms with Crippen molar-refractivity contribution in [3.05, 3.63) is 83.4 Å². The fourth-order valence-electron chi connectivity index (χ4n) is 4.06. The molecule has 1 fully saturated rings. The smallest absolute Gasteiger partial charge is 0.123 e. The number of thiol groups is 1. The summed E-state index contributed by atoms with van der Waals surface area (Å²) in [6.07, 6.45) is 9.12. The standard InChI is InChI=1S/C17H17FN2.C6H6S/c1-17-8-2-3-13(17)9-16-12(10-17)11-19-20(16)15-6-4-14(18)5-7-15;7-6-4-2-1-3-5-6/h4-7,9,11H,2-3,8,10H2,1H3;1-5,7H/t17-;/m0./s1. The Labute approximate surface area is 165 Å². The first-order chi connectivity index (χ1) is 13.0. The molecule has 0 aliphatic heterocycles. The van der Waals surface area contributed by atoms with Gasteiger partial charge in [0.2, 0.25) is 0 Å². The average molecular weight is 379 g/mol. The largest absolute Gasteiger partial charge is 0.233 e. The maximum Gasteiger partial charge on any atom is 0.123 e. The Kier molecular flexibility index (Phi) is 4.92. The van der Waals surface area contributed by atoms with Crippen molar-refractivity contribution in [2.75, 3.05) is 0 Å². The molecular formula is C23H23FN2S. The van der Waals surface area contributed by atoms with Crippen molar-refractivity contribution in [3.8, 4) is 5.69 Å². The van der Waals surface area contributed by atoms with E-state index < -0.39 is 0 Å². The number of rotatable bonds is 1. The summed E-state index contributed by atoms with van der Waals surface area (Å²) < 4.78 is 15.0. The molecule has 4 heteroatoms. The minimum atomic E-state index is -0.212. The topological polar surface area (TPSA) is 17.8 Å². The molecule has 2 aromatic carbocycles. The van der Waals surface area contributed by atoms with Gasteiger partial charge in [-0.1, -0.05) is 30.7 Å². The molecule has 5 rings (SSSR count). The molecule has 0 N–H and O–H groups in total. The van der Waals surface area contributed by atoms with E-state index in [2.05, 4.69) is 30.7 Å². The molecule has 1 heterocycles. The first-order valence-corrected chi connectivity index (χ1v) is 9.78. The number of aromatic nitrogens is 2. The van der Waals surface area contributed by atoms with Gasteiger partial charge in [0.1, 0.15) is 5.82 Å². The molecule has 1 atom stereocenters. The van der Waals surface area contributed by atoms with Gasteiger partial charge in [-0.05, 0) is 79.1 Å². The van der Waals surface area contributed by atoms with Crippen molar-refractivity contribution in [3.63, 3.8) is 0 Å². The van der Waals surface area contributed by atoms with Crippen LogP contribution in [0.15, 0.2) is 71.3 Å². The second-order valence-electron chi connectivity index (χ2n) is 7.54. The van der Waals surface area contributed by atoms with Gasteiger partial charge in [0.25, 0.3) is 0 Å². The summed E-state index contributed by atoms with van der Waals surface area (Å²) in [6.45, 7) is 2.37. The minimum Gasteiger partial charge on any atom is -0.233 e. The SMILES string of the molecule is C[C@@]12CCCC1=Cc1c(cnn1-c1ccc(F)cc1)C2.Sc1ccccc1. The Balaban J connectivity index is 0.000000218. The van der Waals surface area contributed by atoms with Crippen molar-refractivity contribution < 1.29 is 4.39 Å². The molecule has 0 radical (unpaired) electrons. The van der Waals surface area contributed by atoms with E-state index in [1.165, 1.54) is 42.7 Å².